The van der Waals surface area contributed by atoms with Crippen LogP contribution in [0.15, 0.2) is 71.3 Å². The van der Waals surface area contributed by atoms with Gasteiger partial charge >= 0.3 is 5.97 Å². The van der Waals surface area contributed by atoms with Gasteiger partial charge < -0.3 is 19.2 Å². The molecule has 4 rings (SSSR count). The molecule has 0 aliphatic carbocycles. The zero-order valence-corrected chi connectivity index (χ0v) is 19.9. The monoisotopic (exact) mass is 463 g/mol. The molecule has 0 radical (unpaired) electrons. The maximum absolute atomic E-state index is 11.0. The highest BCUT2D eigenvalue weighted by Gasteiger charge is 2.23. The summed E-state index contributed by atoms with van der Waals surface area (Å²) in [6.07, 6.45) is 3.76. The summed E-state index contributed by atoms with van der Waals surface area (Å²) in [7, 11) is 0. The Labute approximate surface area is 203 Å². The van der Waals surface area contributed by atoms with Crippen LogP contribution in [0.25, 0.3) is 11.3 Å². The number of likely N-dealkylation sites (tertiary alicyclic amines) is 1. The van der Waals surface area contributed by atoms with Gasteiger partial charge in [0.05, 0.1) is 14.1 Å². The highest BCUT2D eigenvalue weighted by atomic mass is 16.5. The number of nitrogens with zero attached hydrogens (tertiary/aromatic N) is 2. The minimum atomic E-state index is -0.849. The summed E-state index contributed by atoms with van der Waals surface area (Å²) < 4.78 is 20.8. The second kappa shape index (κ2) is 11.3. The molecular formula is C28H34N2O4. The fourth-order valence-corrected chi connectivity index (χ4v) is 4.42. The van der Waals surface area contributed by atoms with Crippen LogP contribution in [-0.4, -0.2) is 47.7 Å². The number of aliphatic carboxylic acids is 1. The van der Waals surface area contributed by atoms with E-state index < -0.39 is 12.0 Å². The molecule has 1 unspecified atom stereocenters. The van der Waals surface area contributed by atoms with E-state index in [-0.39, 0.29) is 12.5 Å². The molecule has 6 heteroatoms. The lowest BCUT2D eigenvalue weighted by atomic mass is 10.1. The Hall–Kier alpha value is -3.25. The minimum Gasteiger partial charge on any atom is -0.489 e. The zero-order valence-electron chi connectivity index (χ0n) is 20.9. The van der Waals surface area contributed by atoms with Crippen LogP contribution in [0.1, 0.15) is 40.0 Å². The molecule has 0 saturated carbocycles. The zero-order chi connectivity index (χ0) is 24.8. The number of carboxylic acid groups (broad SMARTS) is 1. The van der Waals surface area contributed by atoms with Crippen molar-refractivity contribution in [2.75, 3.05) is 24.5 Å². The molecule has 1 saturated heterocycles. The van der Waals surface area contributed by atoms with Crippen LogP contribution in [0.3, 0.4) is 0 Å². The van der Waals surface area contributed by atoms with Gasteiger partial charge in [0.2, 0.25) is 0 Å². The molecule has 1 aliphatic rings. The Bertz CT molecular complexity index is 1090. The van der Waals surface area contributed by atoms with Crippen molar-refractivity contribution in [3.63, 3.8) is 0 Å². The number of para-hydroxylation sites is 1. The first-order valence-electron chi connectivity index (χ1n) is 12.4. The predicted molar refractivity (Wildman–Crippen MR) is 134 cm³/mol. The molecule has 0 bridgehead atoms. The summed E-state index contributed by atoms with van der Waals surface area (Å²) in [6.45, 7) is 6.48. The molecule has 1 aromatic heterocycles. The molecule has 0 spiro atoms. The third kappa shape index (κ3) is 6.20. The van der Waals surface area contributed by atoms with Gasteiger partial charge in [-0.15, -0.1) is 0 Å². The molecule has 180 valence electrons. The van der Waals surface area contributed by atoms with Crippen LogP contribution in [0.2, 0.25) is 0 Å². The van der Waals surface area contributed by atoms with E-state index in [1.54, 1.807) is 6.26 Å². The summed E-state index contributed by atoms with van der Waals surface area (Å²) in [5.74, 6) is 0.865. The van der Waals surface area contributed by atoms with Crippen molar-refractivity contribution in [1.82, 2.24) is 4.90 Å². The topological polar surface area (TPSA) is 66.2 Å². The number of carbonyl (C=O) groups is 1. The average Bonchev–Trinajstić information content (AvgIpc) is 3.37. The van der Waals surface area contributed by atoms with Gasteiger partial charge in [-0.05, 0) is 75.7 Å². The van der Waals surface area contributed by atoms with Gasteiger partial charge in [-0.3, -0.25) is 9.69 Å². The third-order valence-electron chi connectivity index (χ3n) is 6.22. The molecule has 3 aromatic rings. The standard InChI is InChI=1S/C28H34N2O4/c1-21(2)30(24-13-11-22(12-14-24)26-10-6-18-33-26)19-23-7-3-4-9-27(23)34-25-8-5-16-29(20-25)17-15-28(31)32/h3-4,6-7,9-14,18,21,25H,5,8,15-17,19-20H2,1-2H3,(H,31,32)/i21D. The van der Waals surface area contributed by atoms with Gasteiger partial charge in [-0.25, -0.2) is 0 Å². The number of benzene rings is 2. The highest BCUT2D eigenvalue weighted by molar-refractivity contribution is 5.66. The molecule has 2 aromatic carbocycles. The number of carboxylic acids is 1. The van der Waals surface area contributed by atoms with Crippen LogP contribution in [0.4, 0.5) is 5.69 Å². The first-order chi connectivity index (χ1) is 16.8. The maximum atomic E-state index is 11.0. The van der Waals surface area contributed by atoms with Crippen molar-refractivity contribution in [3.8, 4) is 17.1 Å². The molecule has 2 heterocycles. The van der Waals surface area contributed by atoms with Crippen molar-refractivity contribution in [1.29, 1.82) is 0 Å². The number of hydrogen-bond acceptors (Lipinski definition) is 5. The van der Waals surface area contributed by atoms with E-state index in [2.05, 4.69) is 15.9 Å². The van der Waals surface area contributed by atoms with E-state index in [1.807, 2.05) is 68.4 Å². The van der Waals surface area contributed by atoms with Crippen molar-refractivity contribution in [2.24, 2.45) is 0 Å². The van der Waals surface area contributed by atoms with Gasteiger partial charge in [0, 0.05) is 42.5 Å². The Balaban J connectivity index is 1.49. The first kappa shape index (κ1) is 22.5. The van der Waals surface area contributed by atoms with E-state index >= 15 is 0 Å². The second-order valence-electron chi connectivity index (χ2n) is 8.99. The molecule has 0 amide bonds. The minimum absolute atomic E-state index is 0.0173. The normalized spacial score (nSPS) is 17.2. The molecule has 1 atom stereocenters. The smallest absolute Gasteiger partial charge is 0.304 e. The number of furan rings is 1. The summed E-state index contributed by atoms with van der Waals surface area (Å²) in [6, 6.07) is 19.1. The van der Waals surface area contributed by atoms with Crippen molar-refractivity contribution < 1.29 is 20.4 Å². The van der Waals surface area contributed by atoms with Crippen LogP contribution in [0.5, 0.6) is 5.75 Å². The Kier molecular flexibility index (Phi) is 7.46. The van der Waals surface area contributed by atoms with Gasteiger partial charge in [0.1, 0.15) is 17.6 Å². The van der Waals surface area contributed by atoms with E-state index in [9.17, 15) is 4.79 Å². The fourth-order valence-electron chi connectivity index (χ4n) is 4.42. The molecule has 1 aliphatic heterocycles. The molecule has 1 fully saturated rings. The van der Waals surface area contributed by atoms with Gasteiger partial charge in [0.25, 0.3) is 0 Å². The second-order valence-corrected chi connectivity index (χ2v) is 8.99. The lowest BCUT2D eigenvalue weighted by Crippen LogP contribution is -2.42. The Morgan fingerprint density at radius 3 is 2.71 bits per heavy atom. The number of ether oxygens (including phenoxy) is 1. The van der Waals surface area contributed by atoms with Crippen molar-refractivity contribution in [2.45, 2.75) is 51.8 Å². The Morgan fingerprint density at radius 2 is 2.00 bits per heavy atom. The maximum Gasteiger partial charge on any atom is 0.304 e. The van der Waals surface area contributed by atoms with E-state index in [4.69, 9.17) is 15.6 Å². The number of hydrogen-bond donors (Lipinski definition) is 1. The lowest BCUT2D eigenvalue weighted by Gasteiger charge is -2.34. The van der Waals surface area contributed by atoms with Crippen LogP contribution >= 0.6 is 0 Å². The molecule has 6 nitrogen and oxygen atoms in total. The third-order valence-corrected chi connectivity index (χ3v) is 6.22. The van der Waals surface area contributed by atoms with E-state index in [1.165, 1.54) is 0 Å². The largest absolute Gasteiger partial charge is 0.489 e. The summed E-state index contributed by atoms with van der Waals surface area (Å²) >= 11 is 0. The van der Waals surface area contributed by atoms with Gasteiger partial charge in [-0.1, -0.05) is 18.2 Å². The van der Waals surface area contributed by atoms with Crippen molar-refractivity contribution >= 4 is 11.7 Å². The first-order valence-corrected chi connectivity index (χ1v) is 11.9. The average molecular weight is 464 g/mol. The number of piperidine rings is 1. The van der Waals surface area contributed by atoms with Crippen LogP contribution in [-0.2, 0) is 11.3 Å². The summed E-state index contributed by atoms with van der Waals surface area (Å²) in [5, 5.41) is 9.01. The molecular weight excluding hydrogens is 428 g/mol. The van der Waals surface area contributed by atoms with E-state index in [0.717, 1.165) is 54.3 Å². The molecule has 34 heavy (non-hydrogen) atoms. The quantitative estimate of drug-likeness (QED) is 0.417. The van der Waals surface area contributed by atoms with Crippen molar-refractivity contribution in [3.05, 3.63) is 72.5 Å². The predicted octanol–water partition coefficient (Wildman–Crippen LogP) is 5.68. The van der Waals surface area contributed by atoms with Gasteiger partial charge in [0.15, 0.2) is 0 Å². The Morgan fingerprint density at radius 1 is 1.21 bits per heavy atom. The number of anilines is 1. The SMILES string of the molecule is [2H]C(C)(C)N(Cc1ccccc1OC1CCCN(CCC(=O)O)C1)c1ccc(-c2ccco2)cc1. The van der Waals surface area contributed by atoms with Crippen LogP contribution < -0.4 is 9.64 Å². The summed E-state index contributed by atoms with van der Waals surface area (Å²) in [4.78, 5) is 15.2. The van der Waals surface area contributed by atoms with Gasteiger partial charge in [-0.2, -0.15) is 0 Å². The molecule has 1 N–H and O–H groups in total. The highest BCUT2D eigenvalue weighted by Crippen LogP contribution is 2.29. The fraction of sp³-hybridized carbons (Fsp3) is 0.393. The van der Waals surface area contributed by atoms with E-state index in [0.29, 0.717) is 13.1 Å². The summed E-state index contributed by atoms with van der Waals surface area (Å²) in [5.41, 5.74) is 2.97. The number of rotatable bonds is 10. The lowest BCUT2D eigenvalue weighted by molar-refractivity contribution is -0.137. The van der Waals surface area contributed by atoms with Crippen LogP contribution in [0, 0.1) is 0 Å².